The van der Waals surface area contributed by atoms with Gasteiger partial charge in [-0.15, -0.1) is 0 Å². The predicted molar refractivity (Wildman–Crippen MR) is 182 cm³/mol. The molecule has 1 aliphatic heterocycles. The van der Waals surface area contributed by atoms with Crippen LogP contribution in [0.2, 0.25) is 0 Å². The van der Waals surface area contributed by atoms with Crippen LogP contribution < -0.4 is 21.1 Å². The van der Waals surface area contributed by atoms with Crippen molar-refractivity contribution in [2.75, 3.05) is 131 Å². The van der Waals surface area contributed by atoms with Crippen LogP contribution in [0.1, 0.15) is 23.7 Å². The van der Waals surface area contributed by atoms with Crippen molar-refractivity contribution in [2.24, 2.45) is 0 Å². The van der Waals surface area contributed by atoms with Crippen molar-refractivity contribution in [1.29, 1.82) is 0 Å². The molecule has 1 heterocycles. The Morgan fingerprint density at radius 3 is 1.63 bits per heavy atom. The van der Waals surface area contributed by atoms with Gasteiger partial charge in [0, 0.05) is 45.1 Å². The molecule has 0 saturated carbocycles. The minimum absolute atomic E-state index is 0.0204. The summed E-state index contributed by atoms with van der Waals surface area (Å²) >= 11 is 0. The molecule has 1 aromatic carbocycles. The molecule has 0 saturated heterocycles. The highest BCUT2D eigenvalue weighted by molar-refractivity contribution is 5.94. The SMILES string of the molecule is CCCOCCOCCOCCOCCOCCOCCOCCOCCNC(=O)c1cc(=O)c(=O)c2oc3cc(N(C)C)ccc3[nH]c1=2. The van der Waals surface area contributed by atoms with Gasteiger partial charge in [-0.1, -0.05) is 6.92 Å². The third-order valence-electron chi connectivity index (χ3n) is 6.88. The van der Waals surface area contributed by atoms with Gasteiger partial charge in [-0.3, -0.25) is 14.4 Å². The lowest BCUT2D eigenvalue weighted by molar-refractivity contribution is -0.0230. The Labute approximate surface area is 285 Å². The Morgan fingerprint density at radius 2 is 1.16 bits per heavy atom. The van der Waals surface area contributed by atoms with Gasteiger partial charge in [-0.2, -0.15) is 0 Å². The first-order valence-electron chi connectivity index (χ1n) is 16.6. The lowest BCUT2D eigenvalue weighted by Gasteiger charge is -2.13. The molecular weight excluding hydrogens is 642 g/mol. The van der Waals surface area contributed by atoms with Gasteiger partial charge in [-0.25, -0.2) is 0 Å². The van der Waals surface area contributed by atoms with Crippen LogP contribution in [-0.2, 0) is 37.9 Å². The maximum absolute atomic E-state index is 12.9. The molecule has 49 heavy (non-hydrogen) atoms. The topological polar surface area (TPSA) is 169 Å². The number of aromatic amines is 1. The Balaban J connectivity index is 1.16. The number of H-pyrrole nitrogens is 1. The highest BCUT2D eigenvalue weighted by Crippen LogP contribution is 2.20. The van der Waals surface area contributed by atoms with E-state index in [0.29, 0.717) is 104 Å². The first-order valence-corrected chi connectivity index (χ1v) is 16.6. The third kappa shape index (κ3) is 14.9. The summed E-state index contributed by atoms with van der Waals surface area (Å²) in [7, 11) is 3.75. The zero-order valence-corrected chi connectivity index (χ0v) is 28.9. The molecular formula is C34H51N3O12. The average molecular weight is 694 g/mol. The molecule has 0 radical (unpaired) electrons. The monoisotopic (exact) mass is 693 g/mol. The predicted octanol–water partition coefficient (Wildman–Crippen LogP) is 1.54. The zero-order chi connectivity index (χ0) is 35.1. The molecule has 0 aromatic heterocycles. The van der Waals surface area contributed by atoms with Gasteiger partial charge in [-0.05, 0) is 18.6 Å². The number of nitrogens with one attached hydrogen (secondary N) is 2. The fraction of sp³-hybridized carbons (Fsp3) is 0.618. The van der Waals surface area contributed by atoms with Gasteiger partial charge >= 0.3 is 0 Å². The van der Waals surface area contributed by atoms with E-state index < -0.39 is 16.8 Å². The number of fused-ring (bicyclic) bond motifs is 1. The molecule has 15 heteroatoms. The van der Waals surface area contributed by atoms with E-state index in [2.05, 4.69) is 17.2 Å². The standard InChI is InChI=1S/C34H51N3O12/c1-4-8-41-10-12-43-14-16-45-18-20-47-22-23-48-21-19-46-17-15-44-13-11-42-9-7-35-34(40)27-25-29(38)32(39)33-31(27)36-28-6-5-26(37(2)3)24-30(28)49-33/h5-6,24-25,36H,4,7-23H2,1-3H3,(H,35,40). The summed E-state index contributed by atoms with van der Waals surface area (Å²) in [5, 5.41) is 2.87. The van der Waals surface area contributed by atoms with Gasteiger partial charge < -0.3 is 57.5 Å². The molecule has 1 aromatic rings. The Kier molecular flexibility index (Phi) is 19.5. The van der Waals surface area contributed by atoms with Crippen molar-refractivity contribution in [3.05, 3.63) is 61.0 Å². The second kappa shape index (κ2) is 23.9. The lowest BCUT2D eigenvalue weighted by atomic mass is 10.2. The number of anilines is 1. The fourth-order valence-corrected chi connectivity index (χ4v) is 4.36. The number of aromatic nitrogens is 1. The second-order valence-electron chi connectivity index (χ2n) is 10.9. The summed E-state index contributed by atoms with van der Waals surface area (Å²) in [6.45, 7) is 9.94. The van der Waals surface area contributed by atoms with E-state index in [4.69, 9.17) is 42.3 Å². The summed E-state index contributed by atoms with van der Waals surface area (Å²) in [5.74, 6) is -0.530. The van der Waals surface area contributed by atoms with Crippen LogP contribution in [0.25, 0.3) is 11.1 Å². The van der Waals surface area contributed by atoms with Crippen molar-refractivity contribution in [3.8, 4) is 0 Å². The molecule has 3 rings (SSSR count). The molecule has 15 nitrogen and oxygen atoms in total. The van der Waals surface area contributed by atoms with E-state index >= 15 is 0 Å². The van der Waals surface area contributed by atoms with Crippen LogP contribution >= 0.6 is 0 Å². The zero-order valence-electron chi connectivity index (χ0n) is 28.9. The number of hydrogen-bond donors (Lipinski definition) is 2. The normalized spacial score (nSPS) is 11.5. The number of hydrogen-bond acceptors (Lipinski definition) is 13. The number of amides is 1. The Morgan fingerprint density at radius 1 is 0.694 bits per heavy atom. The maximum atomic E-state index is 12.9. The number of ether oxygens (including phenoxy) is 8. The number of rotatable bonds is 28. The van der Waals surface area contributed by atoms with Crippen LogP contribution in [0.15, 0.2) is 38.3 Å². The van der Waals surface area contributed by atoms with Gasteiger partial charge in [0.05, 0.1) is 116 Å². The number of nitrogens with zero attached hydrogens (tertiary/aromatic N) is 1. The number of carbonyl (C=O) groups is 1. The number of carbonyl (C=O) groups excluding carboxylic acids is 1. The van der Waals surface area contributed by atoms with E-state index in [1.54, 1.807) is 12.1 Å². The summed E-state index contributed by atoms with van der Waals surface area (Å²) in [6.07, 6.45) is 1.01. The largest absolute Gasteiger partial charge is 0.449 e. The van der Waals surface area contributed by atoms with Crippen LogP contribution in [-0.4, -0.2) is 137 Å². The molecule has 274 valence electrons. The third-order valence-corrected chi connectivity index (χ3v) is 6.88. The van der Waals surface area contributed by atoms with Gasteiger partial charge in [0.15, 0.2) is 5.58 Å². The van der Waals surface area contributed by atoms with Crippen molar-refractivity contribution >= 4 is 22.7 Å². The van der Waals surface area contributed by atoms with Gasteiger partial charge in [0.1, 0.15) is 0 Å². The van der Waals surface area contributed by atoms with Crippen molar-refractivity contribution < 1.29 is 47.1 Å². The van der Waals surface area contributed by atoms with Crippen molar-refractivity contribution in [3.63, 3.8) is 0 Å². The molecule has 0 fully saturated rings. The van der Waals surface area contributed by atoms with E-state index in [9.17, 15) is 14.4 Å². The molecule has 0 unspecified atom stereocenters. The second-order valence-corrected chi connectivity index (χ2v) is 10.9. The lowest BCUT2D eigenvalue weighted by Crippen LogP contribution is -2.32. The fourth-order valence-electron chi connectivity index (χ4n) is 4.36. The number of benzene rings is 1. The molecule has 2 aliphatic rings. The highest BCUT2D eigenvalue weighted by Gasteiger charge is 2.15. The van der Waals surface area contributed by atoms with E-state index in [-0.39, 0.29) is 29.5 Å². The van der Waals surface area contributed by atoms with Crippen molar-refractivity contribution in [1.82, 2.24) is 10.3 Å². The molecule has 2 N–H and O–H groups in total. The summed E-state index contributed by atoms with van der Waals surface area (Å²) in [6, 6.07) is 6.42. The first kappa shape index (κ1) is 40.0. The summed E-state index contributed by atoms with van der Waals surface area (Å²) < 4.78 is 49.4. The smallest absolute Gasteiger partial charge is 0.270 e. The van der Waals surface area contributed by atoms with Gasteiger partial charge in [0.25, 0.3) is 11.3 Å². The van der Waals surface area contributed by atoms with Crippen LogP contribution in [0.4, 0.5) is 5.69 Å². The minimum Gasteiger partial charge on any atom is -0.449 e. The Bertz CT molecular complexity index is 1540. The van der Waals surface area contributed by atoms with Crippen molar-refractivity contribution in [2.45, 2.75) is 13.3 Å². The summed E-state index contributed by atoms with van der Waals surface area (Å²) in [4.78, 5) is 42.7. The van der Waals surface area contributed by atoms with Crippen LogP contribution in [0.3, 0.4) is 0 Å². The van der Waals surface area contributed by atoms with Gasteiger partial charge in [0.2, 0.25) is 10.8 Å². The van der Waals surface area contributed by atoms with Crippen LogP contribution in [0, 0.1) is 10.8 Å². The average Bonchev–Trinajstić information content (AvgIpc) is 3.10. The Hall–Kier alpha value is -3.41. The van der Waals surface area contributed by atoms with E-state index in [1.165, 1.54) is 0 Å². The molecule has 1 aliphatic carbocycles. The molecule has 1 amide bonds. The first-order chi connectivity index (χ1) is 23.9. The van der Waals surface area contributed by atoms with Crippen LogP contribution in [0.5, 0.6) is 0 Å². The highest BCUT2D eigenvalue weighted by atomic mass is 16.6. The maximum Gasteiger partial charge on any atom is 0.270 e. The minimum atomic E-state index is -0.826. The van der Waals surface area contributed by atoms with E-state index in [1.807, 2.05) is 25.1 Å². The molecule has 0 bridgehead atoms. The van der Waals surface area contributed by atoms with E-state index in [0.717, 1.165) is 24.8 Å². The molecule has 0 atom stereocenters. The quantitative estimate of drug-likeness (QED) is 0.0831. The molecule has 0 spiro atoms. The summed E-state index contributed by atoms with van der Waals surface area (Å²) in [5.41, 5.74) is -0.000346.